The summed E-state index contributed by atoms with van der Waals surface area (Å²) < 4.78 is 29.2. The molecule has 2 aromatic carbocycles. The van der Waals surface area contributed by atoms with Crippen molar-refractivity contribution in [2.75, 3.05) is 12.8 Å². The van der Waals surface area contributed by atoms with E-state index in [1.165, 1.54) is 10.6 Å². The van der Waals surface area contributed by atoms with Crippen molar-refractivity contribution in [3.63, 3.8) is 0 Å². The zero-order valence-corrected chi connectivity index (χ0v) is 19.6. The smallest absolute Gasteiger partial charge is 0.253 e. The fourth-order valence-corrected chi connectivity index (χ4v) is 4.33. The van der Waals surface area contributed by atoms with Crippen LogP contribution in [-0.2, 0) is 12.0 Å². The Hall–Kier alpha value is -3.66. The van der Waals surface area contributed by atoms with E-state index >= 15 is 0 Å². The summed E-state index contributed by atoms with van der Waals surface area (Å²) in [5.41, 5.74) is 13.8. The van der Waals surface area contributed by atoms with Crippen molar-refractivity contribution in [2.45, 2.75) is 50.6 Å². The molecule has 4 aromatic rings. The standard InChI is InChI=1S/C25H27F2N7O/c1-14(33(2)23(35)15-6-8-16(9-7-15)25(29)10-11-25)4-3-5-20-30-22-18-12-17(26)13-19(27)21(18)31-24(28)34(22)32-20/h6-9,12-14H,3-5,10-11,29H2,1-2H3,(H2,28,31)/t14-/m0/s1. The SMILES string of the molecule is C[C@@H](CCCc1nc2c3cc(F)cc(F)c3nc(N)n2n1)N(C)C(=O)c1ccc(C2(N)CC2)cc1. The van der Waals surface area contributed by atoms with Crippen LogP contribution in [0, 0.1) is 11.6 Å². The second kappa shape index (κ2) is 8.53. The highest BCUT2D eigenvalue weighted by Crippen LogP contribution is 2.42. The Morgan fingerprint density at radius 2 is 1.91 bits per heavy atom. The second-order valence-corrected chi connectivity index (χ2v) is 9.41. The molecule has 0 saturated heterocycles. The van der Waals surface area contributed by atoms with Gasteiger partial charge in [-0.1, -0.05) is 12.1 Å². The van der Waals surface area contributed by atoms with E-state index in [1.807, 2.05) is 31.2 Å². The van der Waals surface area contributed by atoms with Crippen molar-refractivity contribution in [1.82, 2.24) is 24.5 Å². The lowest BCUT2D eigenvalue weighted by molar-refractivity contribution is 0.0735. The first-order chi connectivity index (χ1) is 16.7. The lowest BCUT2D eigenvalue weighted by atomic mass is 10.0. The molecule has 8 nitrogen and oxygen atoms in total. The van der Waals surface area contributed by atoms with Crippen molar-refractivity contribution in [1.29, 1.82) is 0 Å². The van der Waals surface area contributed by atoms with Gasteiger partial charge >= 0.3 is 0 Å². The topological polar surface area (TPSA) is 115 Å². The number of rotatable bonds is 7. The number of hydrogen-bond donors (Lipinski definition) is 2. The maximum atomic E-state index is 14.1. The van der Waals surface area contributed by atoms with Crippen LogP contribution < -0.4 is 11.5 Å². The average molecular weight is 480 g/mol. The summed E-state index contributed by atoms with van der Waals surface area (Å²) in [5, 5.41) is 4.57. The van der Waals surface area contributed by atoms with Crippen LogP contribution in [0.15, 0.2) is 36.4 Å². The van der Waals surface area contributed by atoms with Crippen molar-refractivity contribution in [3.05, 3.63) is 65.0 Å². The lowest BCUT2D eigenvalue weighted by Gasteiger charge is -2.25. The van der Waals surface area contributed by atoms with Gasteiger partial charge in [-0.15, -0.1) is 5.10 Å². The van der Waals surface area contributed by atoms with Gasteiger partial charge in [-0.05, 0) is 56.4 Å². The molecule has 2 heterocycles. The molecule has 0 unspecified atom stereocenters. The van der Waals surface area contributed by atoms with Gasteiger partial charge in [0.1, 0.15) is 11.3 Å². The predicted octanol–water partition coefficient (Wildman–Crippen LogP) is 3.57. The van der Waals surface area contributed by atoms with Crippen LogP contribution in [0.2, 0.25) is 0 Å². The van der Waals surface area contributed by atoms with E-state index in [1.54, 1.807) is 11.9 Å². The normalized spacial score (nSPS) is 15.5. The maximum absolute atomic E-state index is 14.1. The Bertz CT molecular complexity index is 1430. The van der Waals surface area contributed by atoms with Crippen LogP contribution in [0.5, 0.6) is 0 Å². The number of nitrogens with two attached hydrogens (primary N) is 2. The number of benzene rings is 2. The number of nitrogens with zero attached hydrogens (tertiary/aromatic N) is 5. The summed E-state index contributed by atoms with van der Waals surface area (Å²) in [4.78, 5) is 23.1. The first kappa shape index (κ1) is 23.1. The van der Waals surface area contributed by atoms with E-state index in [-0.39, 0.29) is 40.0 Å². The minimum Gasteiger partial charge on any atom is -0.368 e. The summed E-state index contributed by atoms with van der Waals surface area (Å²) in [7, 11) is 1.79. The van der Waals surface area contributed by atoms with Crippen molar-refractivity contribution in [2.24, 2.45) is 5.73 Å². The van der Waals surface area contributed by atoms with Crippen molar-refractivity contribution >= 4 is 28.4 Å². The molecule has 1 saturated carbocycles. The largest absolute Gasteiger partial charge is 0.368 e. The van der Waals surface area contributed by atoms with Gasteiger partial charge in [-0.2, -0.15) is 4.52 Å². The van der Waals surface area contributed by atoms with E-state index < -0.39 is 11.6 Å². The third-order valence-electron chi connectivity index (χ3n) is 6.86. The van der Waals surface area contributed by atoms with Gasteiger partial charge in [-0.25, -0.2) is 18.7 Å². The van der Waals surface area contributed by atoms with Gasteiger partial charge in [0.2, 0.25) is 5.95 Å². The Labute approximate surface area is 200 Å². The van der Waals surface area contributed by atoms with Gasteiger partial charge in [-0.3, -0.25) is 4.79 Å². The minimum absolute atomic E-state index is 0.0146. The molecule has 4 N–H and O–H groups in total. The number of carbonyl (C=O) groups is 1. The number of aryl methyl sites for hydroxylation is 1. The Kier molecular flexibility index (Phi) is 5.63. The molecular weight excluding hydrogens is 452 g/mol. The maximum Gasteiger partial charge on any atom is 0.253 e. The summed E-state index contributed by atoms with van der Waals surface area (Å²) in [6.07, 6.45) is 3.90. The summed E-state index contributed by atoms with van der Waals surface area (Å²) in [5.74, 6) is -1.11. The monoisotopic (exact) mass is 479 g/mol. The van der Waals surface area contributed by atoms with Gasteiger partial charge < -0.3 is 16.4 Å². The molecule has 5 rings (SSSR count). The number of fused-ring (bicyclic) bond motifs is 3. The van der Waals surface area contributed by atoms with Crippen LogP contribution in [-0.4, -0.2) is 43.5 Å². The summed E-state index contributed by atoms with van der Waals surface area (Å²) in [6.45, 7) is 1.99. The zero-order valence-electron chi connectivity index (χ0n) is 19.6. The number of hydrogen-bond acceptors (Lipinski definition) is 6. The van der Waals surface area contributed by atoms with Crippen LogP contribution in [0.3, 0.4) is 0 Å². The zero-order chi connectivity index (χ0) is 24.9. The summed E-state index contributed by atoms with van der Waals surface area (Å²) >= 11 is 0. The number of anilines is 1. The van der Waals surface area contributed by atoms with Crippen molar-refractivity contribution in [3.8, 4) is 0 Å². The highest BCUT2D eigenvalue weighted by molar-refractivity contribution is 5.94. The average Bonchev–Trinajstić information content (AvgIpc) is 3.43. The van der Waals surface area contributed by atoms with Crippen LogP contribution >= 0.6 is 0 Å². The Morgan fingerprint density at radius 1 is 1.20 bits per heavy atom. The van der Waals surface area contributed by atoms with Crippen molar-refractivity contribution < 1.29 is 13.6 Å². The van der Waals surface area contributed by atoms with Gasteiger partial charge in [0.15, 0.2) is 17.3 Å². The third kappa shape index (κ3) is 4.29. The second-order valence-electron chi connectivity index (χ2n) is 9.41. The molecular formula is C25H27F2N7O. The van der Waals surface area contributed by atoms with Crippen LogP contribution in [0.1, 0.15) is 54.4 Å². The fraction of sp³-hybridized carbons (Fsp3) is 0.360. The highest BCUT2D eigenvalue weighted by atomic mass is 19.1. The first-order valence-corrected chi connectivity index (χ1v) is 11.6. The number of nitrogen functional groups attached to an aromatic ring is 1. The lowest BCUT2D eigenvalue weighted by Crippen LogP contribution is -2.35. The molecule has 10 heteroatoms. The number of amides is 1. The molecule has 0 radical (unpaired) electrons. The van der Waals surface area contributed by atoms with Gasteiger partial charge in [0.25, 0.3) is 5.91 Å². The molecule has 0 spiro atoms. The molecule has 2 aromatic heterocycles. The predicted molar refractivity (Wildman–Crippen MR) is 129 cm³/mol. The Balaban J connectivity index is 1.24. The van der Waals surface area contributed by atoms with Crippen LogP contribution in [0.25, 0.3) is 16.6 Å². The molecule has 0 bridgehead atoms. The summed E-state index contributed by atoms with van der Waals surface area (Å²) in [6, 6.07) is 9.47. The molecule has 1 atom stereocenters. The van der Waals surface area contributed by atoms with E-state index in [2.05, 4.69) is 15.1 Å². The molecule has 1 amide bonds. The molecule has 1 aliphatic rings. The van der Waals surface area contributed by atoms with Crippen LogP contribution in [0.4, 0.5) is 14.7 Å². The third-order valence-corrected chi connectivity index (χ3v) is 6.86. The Morgan fingerprint density at radius 3 is 2.60 bits per heavy atom. The molecule has 35 heavy (non-hydrogen) atoms. The molecule has 1 fully saturated rings. The fourth-order valence-electron chi connectivity index (χ4n) is 4.33. The number of halogens is 2. The number of carbonyl (C=O) groups excluding carboxylic acids is 1. The van der Waals surface area contributed by atoms with E-state index in [9.17, 15) is 13.6 Å². The van der Waals surface area contributed by atoms with Gasteiger partial charge in [0, 0.05) is 36.7 Å². The molecule has 1 aliphatic carbocycles. The minimum atomic E-state index is -0.801. The molecule has 182 valence electrons. The number of aromatic nitrogens is 4. The highest BCUT2D eigenvalue weighted by Gasteiger charge is 2.39. The quantitative estimate of drug-likeness (QED) is 0.419. The molecule has 0 aliphatic heterocycles. The van der Waals surface area contributed by atoms with E-state index in [0.717, 1.165) is 30.9 Å². The first-order valence-electron chi connectivity index (χ1n) is 11.6. The van der Waals surface area contributed by atoms with E-state index in [0.29, 0.717) is 24.2 Å². The van der Waals surface area contributed by atoms with Gasteiger partial charge in [0.05, 0.1) is 5.39 Å². The van der Waals surface area contributed by atoms with E-state index in [4.69, 9.17) is 11.5 Å².